The van der Waals surface area contributed by atoms with Gasteiger partial charge in [-0.1, -0.05) is 18.6 Å². The zero-order valence-electron chi connectivity index (χ0n) is 14.1. The SMILES string of the molecule is CN1C[C@@H]2CCC[C@H](c3ccc(F)cc3)[C@]2(C(=CC(=O)O)C(=O)O)C1. The minimum atomic E-state index is -1.25. The van der Waals surface area contributed by atoms with Gasteiger partial charge in [0.05, 0.1) is 5.57 Å². The maximum atomic E-state index is 13.3. The molecule has 1 aliphatic heterocycles. The lowest BCUT2D eigenvalue weighted by molar-refractivity contribution is -0.136. The van der Waals surface area contributed by atoms with Gasteiger partial charge in [-0.3, -0.25) is 0 Å². The van der Waals surface area contributed by atoms with Crippen LogP contribution < -0.4 is 0 Å². The summed E-state index contributed by atoms with van der Waals surface area (Å²) in [6.07, 6.45) is 3.44. The number of aliphatic carboxylic acids is 2. The van der Waals surface area contributed by atoms with Gasteiger partial charge in [0.25, 0.3) is 0 Å². The van der Waals surface area contributed by atoms with Crippen LogP contribution in [0.5, 0.6) is 0 Å². The molecule has 1 aromatic carbocycles. The van der Waals surface area contributed by atoms with Crippen molar-refractivity contribution in [3.05, 3.63) is 47.3 Å². The summed E-state index contributed by atoms with van der Waals surface area (Å²) in [7, 11) is 1.93. The molecule has 2 N–H and O–H groups in total. The molecule has 0 unspecified atom stereocenters. The predicted molar refractivity (Wildman–Crippen MR) is 89.8 cm³/mol. The largest absolute Gasteiger partial charge is 0.478 e. The van der Waals surface area contributed by atoms with Crippen LogP contribution >= 0.6 is 0 Å². The molecule has 134 valence electrons. The van der Waals surface area contributed by atoms with Crippen molar-refractivity contribution in [3.8, 4) is 0 Å². The molecule has 1 saturated heterocycles. The summed E-state index contributed by atoms with van der Waals surface area (Å²) < 4.78 is 13.3. The molecule has 6 heteroatoms. The molecule has 2 fully saturated rings. The Bertz CT molecular complexity index is 715. The fourth-order valence-electron chi connectivity index (χ4n) is 4.92. The normalized spacial score (nSPS) is 30.1. The van der Waals surface area contributed by atoms with E-state index in [1.54, 1.807) is 12.1 Å². The van der Waals surface area contributed by atoms with Crippen LogP contribution in [0.4, 0.5) is 4.39 Å². The predicted octanol–water partition coefficient (Wildman–Crippen LogP) is 2.74. The van der Waals surface area contributed by atoms with E-state index in [-0.39, 0.29) is 23.2 Å². The molecule has 0 radical (unpaired) electrons. The quantitative estimate of drug-likeness (QED) is 0.819. The van der Waals surface area contributed by atoms with E-state index in [1.165, 1.54) is 12.1 Å². The van der Waals surface area contributed by atoms with Gasteiger partial charge in [0.15, 0.2) is 0 Å². The molecular weight excluding hydrogens is 325 g/mol. The minimum absolute atomic E-state index is 0.0385. The molecular formula is C19H22FNO4. The molecule has 1 heterocycles. The Morgan fingerprint density at radius 2 is 1.92 bits per heavy atom. The van der Waals surface area contributed by atoms with Crippen LogP contribution in [0.25, 0.3) is 0 Å². The van der Waals surface area contributed by atoms with Crippen molar-refractivity contribution in [3.63, 3.8) is 0 Å². The van der Waals surface area contributed by atoms with E-state index in [0.717, 1.165) is 37.4 Å². The second-order valence-corrected chi connectivity index (χ2v) is 7.17. The van der Waals surface area contributed by atoms with E-state index in [4.69, 9.17) is 0 Å². The molecule has 1 aliphatic carbocycles. The number of likely N-dealkylation sites (tertiary alicyclic amines) is 1. The van der Waals surface area contributed by atoms with Crippen LogP contribution in [-0.4, -0.2) is 47.2 Å². The van der Waals surface area contributed by atoms with Gasteiger partial charge in [0, 0.05) is 24.6 Å². The molecule has 0 spiro atoms. The summed E-state index contributed by atoms with van der Waals surface area (Å²) in [5.74, 6) is -2.84. The summed E-state index contributed by atoms with van der Waals surface area (Å²) in [5.41, 5.74) is 0.0667. The molecule has 0 bridgehead atoms. The smallest absolute Gasteiger partial charge is 0.332 e. The third kappa shape index (κ3) is 3.06. The molecule has 0 aromatic heterocycles. The summed E-state index contributed by atoms with van der Waals surface area (Å²) >= 11 is 0. The zero-order valence-corrected chi connectivity index (χ0v) is 14.1. The van der Waals surface area contributed by atoms with Gasteiger partial charge < -0.3 is 15.1 Å². The van der Waals surface area contributed by atoms with Crippen molar-refractivity contribution in [1.29, 1.82) is 0 Å². The fraction of sp³-hybridized carbons (Fsp3) is 0.474. The standard InChI is InChI=1S/C19H22FNO4/c1-21-10-13-3-2-4-15(12-5-7-14(20)8-6-12)19(13,11-21)16(18(24)25)9-17(22)23/h5-9,13,15H,2-4,10-11H2,1H3,(H,22,23)(H,24,25)/t13-,15+,19-/m0/s1. The molecule has 1 saturated carbocycles. The minimum Gasteiger partial charge on any atom is -0.478 e. The first kappa shape index (κ1) is 17.6. The Balaban J connectivity index is 2.17. The topological polar surface area (TPSA) is 77.8 Å². The van der Waals surface area contributed by atoms with E-state index in [9.17, 15) is 24.2 Å². The lowest BCUT2D eigenvalue weighted by Gasteiger charge is -2.46. The van der Waals surface area contributed by atoms with Crippen molar-refractivity contribution in [1.82, 2.24) is 4.90 Å². The summed E-state index contributed by atoms with van der Waals surface area (Å²) in [4.78, 5) is 25.4. The number of rotatable bonds is 4. The Kier molecular flexibility index (Phi) is 4.64. The first-order valence-electron chi connectivity index (χ1n) is 8.47. The highest BCUT2D eigenvalue weighted by Crippen LogP contribution is 2.58. The third-order valence-corrected chi connectivity index (χ3v) is 5.73. The maximum absolute atomic E-state index is 13.3. The number of carboxylic acids is 2. The maximum Gasteiger partial charge on any atom is 0.332 e. The van der Waals surface area contributed by atoms with Crippen molar-refractivity contribution < 1.29 is 24.2 Å². The molecule has 2 aliphatic rings. The van der Waals surface area contributed by atoms with Crippen molar-refractivity contribution in [2.24, 2.45) is 11.3 Å². The highest BCUT2D eigenvalue weighted by molar-refractivity contribution is 5.96. The number of hydrogen-bond acceptors (Lipinski definition) is 3. The van der Waals surface area contributed by atoms with E-state index in [2.05, 4.69) is 4.90 Å². The summed E-state index contributed by atoms with van der Waals surface area (Å²) in [6.45, 7) is 1.23. The van der Waals surface area contributed by atoms with Crippen LogP contribution in [0.15, 0.2) is 35.9 Å². The van der Waals surface area contributed by atoms with Gasteiger partial charge in [0.2, 0.25) is 0 Å². The Morgan fingerprint density at radius 3 is 2.52 bits per heavy atom. The van der Waals surface area contributed by atoms with E-state index >= 15 is 0 Å². The Morgan fingerprint density at radius 1 is 1.24 bits per heavy atom. The van der Waals surface area contributed by atoms with Gasteiger partial charge in [-0.05, 0) is 49.4 Å². The number of fused-ring (bicyclic) bond motifs is 1. The summed E-state index contributed by atoms with van der Waals surface area (Å²) in [5, 5.41) is 19.0. The average Bonchev–Trinajstić information content (AvgIpc) is 2.89. The molecule has 3 atom stereocenters. The van der Waals surface area contributed by atoms with Gasteiger partial charge in [-0.15, -0.1) is 0 Å². The van der Waals surface area contributed by atoms with E-state index in [0.29, 0.717) is 6.54 Å². The van der Waals surface area contributed by atoms with Crippen LogP contribution in [0.2, 0.25) is 0 Å². The van der Waals surface area contributed by atoms with Crippen molar-refractivity contribution in [2.45, 2.75) is 25.2 Å². The Labute approximate surface area is 145 Å². The highest BCUT2D eigenvalue weighted by atomic mass is 19.1. The van der Waals surface area contributed by atoms with Gasteiger partial charge in [-0.2, -0.15) is 0 Å². The van der Waals surface area contributed by atoms with Gasteiger partial charge >= 0.3 is 11.9 Å². The zero-order chi connectivity index (χ0) is 18.2. The summed E-state index contributed by atoms with van der Waals surface area (Å²) in [6, 6.07) is 6.16. The second kappa shape index (κ2) is 6.59. The second-order valence-electron chi connectivity index (χ2n) is 7.17. The van der Waals surface area contributed by atoms with Crippen LogP contribution in [0, 0.1) is 17.2 Å². The highest BCUT2D eigenvalue weighted by Gasteiger charge is 2.56. The van der Waals surface area contributed by atoms with Crippen LogP contribution in [-0.2, 0) is 9.59 Å². The fourth-order valence-corrected chi connectivity index (χ4v) is 4.92. The lowest BCUT2D eigenvalue weighted by Crippen LogP contribution is -2.44. The first-order valence-corrected chi connectivity index (χ1v) is 8.47. The van der Waals surface area contributed by atoms with Crippen molar-refractivity contribution in [2.75, 3.05) is 20.1 Å². The van der Waals surface area contributed by atoms with Crippen molar-refractivity contribution >= 4 is 11.9 Å². The number of carboxylic acid groups (broad SMARTS) is 2. The molecule has 1 aromatic rings. The monoisotopic (exact) mass is 347 g/mol. The van der Waals surface area contributed by atoms with Gasteiger partial charge in [-0.25, -0.2) is 14.0 Å². The van der Waals surface area contributed by atoms with Crippen LogP contribution in [0.3, 0.4) is 0 Å². The number of carbonyl (C=O) groups is 2. The van der Waals surface area contributed by atoms with E-state index in [1.807, 2.05) is 7.05 Å². The third-order valence-electron chi connectivity index (χ3n) is 5.73. The average molecular weight is 347 g/mol. The van der Waals surface area contributed by atoms with Crippen LogP contribution in [0.1, 0.15) is 30.7 Å². The number of halogens is 1. The van der Waals surface area contributed by atoms with Gasteiger partial charge in [0.1, 0.15) is 5.82 Å². The molecule has 25 heavy (non-hydrogen) atoms. The van der Waals surface area contributed by atoms with E-state index < -0.39 is 17.4 Å². The Hall–Kier alpha value is -2.21. The number of benzene rings is 1. The number of hydrogen-bond donors (Lipinski definition) is 2. The molecule has 0 amide bonds. The molecule has 5 nitrogen and oxygen atoms in total. The lowest BCUT2D eigenvalue weighted by atomic mass is 9.56. The molecule has 3 rings (SSSR count). The first-order chi connectivity index (χ1) is 11.8. The number of nitrogens with zero attached hydrogens (tertiary/aromatic N) is 1.